The Balaban J connectivity index is 2.29. The summed E-state index contributed by atoms with van der Waals surface area (Å²) in [5, 5.41) is 68.3. The first-order valence-corrected chi connectivity index (χ1v) is 25.5. The summed E-state index contributed by atoms with van der Waals surface area (Å²) < 4.78 is 11.2. The number of hydrogen-bond donors (Lipinski definition) is 8. The van der Waals surface area contributed by atoms with Gasteiger partial charge in [0.05, 0.1) is 25.4 Å². The topological polar surface area (TPSA) is 198 Å². The fourth-order valence-electron chi connectivity index (χ4n) is 8.28. The fourth-order valence-corrected chi connectivity index (χ4v) is 8.28. The summed E-state index contributed by atoms with van der Waals surface area (Å²) in [5.41, 5.74) is 0. The van der Waals surface area contributed by atoms with Crippen molar-refractivity contribution in [2.45, 2.75) is 281 Å². The average molecular weight is 873 g/mol. The smallest absolute Gasteiger partial charge is 0.220 e. The van der Waals surface area contributed by atoms with Crippen LogP contribution in [-0.2, 0) is 19.1 Å². The van der Waals surface area contributed by atoms with E-state index in [2.05, 4.69) is 24.5 Å². The van der Waals surface area contributed by atoms with Gasteiger partial charge in [-0.25, -0.2) is 0 Å². The van der Waals surface area contributed by atoms with Crippen LogP contribution in [0.4, 0.5) is 0 Å². The predicted molar refractivity (Wildman–Crippen MR) is 245 cm³/mol. The molecular formula is C49H96N2O10. The number of nitrogens with one attached hydrogen (secondary N) is 2. The second kappa shape index (κ2) is 40.2. The third-order valence-corrected chi connectivity index (χ3v) is 12.5. The number of rotatable bonds is 43. The molecule has 0 aliphatic carbocycles. The van der Waals surface area contributed by atoms with Gasteiger partial charge >= 0.3 is 0 Å². The van der Waals surface area contributed by atoms with Crippen LogP contribution in [0.25, 0.3) is 0 Å². The molecule has 0 aromatic carbocycles. The van der Waals surface area contributed by atoms with Crippen molar-refractivity contribution >= 4 is 11.8 Å². The Morgan fingerprint density at radius 1 is 0.541 bits per heavy atom. The molecule has 1 heterocycles. The lowest BCUT2D eigenvalue weighted by atomic mass is 9.98. The van der Waals surface area contributed by atoms with E-state index in [1.165, 1.54) is 109 Å². The van der Waals surface area contributed by atoms with E-state index in [0.717, 1.165) is 90.0 Å². The van der Waals surface area contributed by atoms with Crippen molar-refractivity contribution < 1.29 is 49.7 Å². The number of carbonyl (C=O) groups is 2. The first kappa shape index (κ1) is 57.6. The van der Waals surface area contributed by atoms with Gasteiger partial charge in [-0.2, -0.15) is 0 Å². The number of unbranched alkanes of at least 4 members (excludes halogenated alkanes) is 28. The molecule has 8 atom stereocenters. The zero-order valence-corrected chi connectivity index (χ0v) is 39.1. The lowest BCUT2D eigenvalue weighted by Crippen LogP contribution is -2.60. The van der Waals surface area contributed by atoms with E-state index < -0.39 is 55.6 Å². The molecule has 1 aliphatic heterocycles. The zero-order valence-electron chi connectivity index (χ0n) is 39.1. The normalized spacial score (nSPS) is 20.7. The van der Waals surface area contributed by atoms with Crippen molar-refractivity contribution in [2.24, 2.45) is 0 Å². The van der Waals surface area contributed by atoms with Gasteiger partial charge in [-0.1, -0.05) is 194 Å². The van der Waals surface area contributed by atoms with Gasteiger partial charge in [-0.15, -0.1) is 0 Å². The maximum Gasteiger partial charge on any atom is 0.220 e. The van der Waals surface area contributed by atoms with Crippen molar-refractivity contribution in [2.75, 3.05) is 19.8 Å². The molecule has 61 heavy (non-hydrogen) atoms. The molecule has 1 rings (SSSR count). The molecule has 0 saturated carbocycles. The van der Waals surface area contributed by atoms with E-state index in [-0.39, 0.29) is 24.8 Å². The van der Waals surface area contributed by atoms with Crippen LogP contribution in [0.5, 0.6) is 0 Å². The van der Waals surface area contributed by atoms with Gasteiger partial charge in [0.1, 0.15) is 30.5 Å². The lowest BCUT2D eigenvalue weighted by molar-refractivity contribution is -0.303. The molecule has 8 N–H and O–H groups in total. The number of aliphatic hydroxyl groups is 6. The number of hydrogen-bond acceptors (Lipinski definition) is 10. The minimum atomic E-state index is -1.62. The van der Waals surface area contributed by atoms with Crippen LogP contribution in [0.3, 0.4) is 0 Å². The van der Waals surface area contributed by atoms with Gasteiger partial charge in [0, 0.05) is 19.4 Å². The van der Waals surface area contributed by atoms with Gasteiger partial charge in [-0.3, -0.25) is 9.59 Å². The highest BCUT2D eigenvalue weighted by Crippen LogP contribution is 2.23. The summed E-state index contributed by atoms with van der Waals surface area (Å²) in [6.45, 7) is 4.30. The molecule has 0 aromatic rings. The predicted octanol–water partition coefficient (Wildman–Crippen LogP) is 8.43. The quantitative estimate of drug-likeness (QED) is 0.0275. The second-order valence-corrected chi connectivity index (χ2v) is 18.2. The Labute approximate surface area is 372 Å². The molecule has 0 spiro atoms. The van der Waals surface area contributed by atoms with Gasteiger partial charge in [0.25, 0.3) is 0 Å². The molecular weight excluding hydrogens is 777 g/mol. The highest BCUT2D eigenvalue weighted by Gasteiger charge is 2.44. The van der Waals surface area contributed by atoms with Crippen LogP contribution in [0, 0.1) is 0 Å². The Kier molecular flexibility index (Phi) is 37.9. The SMILES string of the molecule is CCCCCCCCCCCCCCC(O)C(O)C(CO[C@H]1O[C@H](CO)[C@H](O)[C@H](O)[C@H]1O)NC(=O)CCCCCCCCCCNC(=O)CCCCCCCCCCCCC. The van der Waals surface area contributed by atoms with Gasteiger partial charge in [-0.05, 0) is 25.7 Å². The monoisotopic (exact) mass is 873 g/mol. The molecule has 362 valence electrons. The van der Waals surface area contributed by atoms with E-state index in [1.54, 1.807) is 0 Å². The van der Waals surface area contributed by atoms with Crippen LogP contribution in [0.15, 0.2) is 0 Å². The lowest BCUT2D eigenvalue weighted by Gasteiger charge is -2.40. The standard InChI is InChI=1S/C49H96N2O10/c1-3-5-7-9-11-13-15-17-18-22-26-30-34-41(53)45(56)40(39-60-49-48(59)47(58)46(57)42(38-52)61-49)51-44(55)36-32-28-24-20-21-25-29-33-37-50-43(54)35-31-27-23-19-16-14-12-10-8-6-4-2/h40-42,45-49,52-53,56-59H,3-39H2,1-2H3,(H,50,54)(H,51,55)/t40?,41?,42-,45?,46+,47+,48-,49+/m1/s1. The van der Waals surface area contributed by atoms with E-state index in [4.69, 9.17) is 9.47 Å². The van der Waals surface area contributed by atoms with Crippen LogP contribution in [0.2, 0.25) is 0 Å². The summed E-state index contributed by atoms with van der Waals surface area (Å²) in [4.78, 5) is 25.2. The van der Waals surface area contributed by atoms with Crippen LogP contribution in [0.1, 0.15) is 232 Å². The highest BCUT2D eigenvalue weighted by atomic mass is 16.7. The maximum atomic E-state index is 13.0. The van der Waals surface area contributed by atoms with Crippen LogP contribution in [-0.4, -0.2) is 111 Å². The molecule has 3 unspecified atom stereocenters. The zero-order chi connectivity index (χ0) is 44.8. The largest absolute Gasteiger partial charge is 0.394 e. The number of ether oxygens (including phenoxy) is 2. The second-order valence-electron chi connectivity index (χ2n) is 18.2. The van der Waals surface area contributed by atoms with Gasteiger partial charge in [0.2, 0.25) is 11.8 Å². The summed E-state index contributed by atoms with van der Waals surface area (Å²) >= 11 is 0. The summed E-state index contributed by atoms with van der Waals surface area (Å²) in [5.74, 6) is -0.113. The summed E-state index contributed by atoms with van der Waals surface area (Å²) in [7, 11) is 0. The Hall–Kier alpha value is -1.38. The summed E-state index contributed by atoms with van der Waals surface area (Å²) in [6.07, 6.45) is 27.7. The Bertz CT molecular complexity index is 1010. The molecule has 1 saturated heterocycles. The number of carbonyl (C=O) groups excluding carboxylic acids is 2. The van der Waals surface area contributed by atoms with Crippen molar-refractivity contribution in [3.05, 3.63) is 0 Å². The van der Waals surface area contributed by atoms with Gasteiger partial charge in [0.15, 0.2) is 6.29 Å². The molecule has 2 amide bonds. The molecule has 12 nitrogen and oxygen atoms in total. The molecule has 1 aliphatic rings. The van der Waals surface area contributed by atoms with E-state index >= 15 is 0 Å². The van der Waals surface area contributed by atoms with Crippen LogP contribution >= 0.6 is 0 Å². The van der Waals surface area contributed by atoms with Crippen molar-refractivity contribution in [1.29, 1.82) is 0 Å². The minimum Gasteiger partial charge on any atom is -0.394 e. The summed E-state index contributed by atoms with van der Waals surface area (Å²) in [6, 6.07) is -1.01. The molecule has 0 aromatic heterocycles. The fraction of sp³-hybridized carbons (Fsp3) is 0.959. The van der Waals surface area contributed by atoms with E-state index in [1.807, 2.05) is 0 Å². The maximum absolute atomic E-state index is 13.0. The minimum absolute atomic E-state index is 0.174. The van der Waals surface area contributed by atoms with E-state index in [9.17, 15) is 40.2 Å². The third-order valence-electron chi connectivity index (χ3n) is 12.5. The first-order chi connectivity index (χ1) is 29.7. The average Bonchev–Trinajstić information content (AvgIpc) is 3.25. The first-order valence-electron chi connectivity index (χ1n) is 25.5. The number of amides is 2. The van der Waals surface area contributed by atoms with Crippen molar-refractivity contribution in [3.8, 4) is 0 Å². The Morgan fingerprint density at radius 3 is 1.41 bits per heavy atom. The molecule has 12 heteroatoms. The third kappa shape index (κ3) is 30.4. The van der Waals surface area contributed by atoms with Crippen molar-refractivity contribution in [3.63, 3.8) is 0 Å². The van der Waals surface area contributed by atoms with Gasteiger partial charge < -0.3 is 50.7 Å². The van der Waals surface area contributed by atoms with E-state index in [0.29, 0.717) is 19.3 Å². The molecule has 1 fully saturated rings. The number of aliphatic hydroxyl groups excluding tert-OH is 6. The van der Waals surface area contributed by atoms with Crippen LogP contribution < -0.4 is 10.6 Å². The Morgan fingerprint density at radius 2 is 0.951 bits per heavy atom. The molecule has 0 radical (unpaired) electrons. The highest BCUT2D eigenvalue weighted by molar-refractivity contribution is 5.76. The van der Waals surface area contributed by atoms with Crippen molar-refractivity contribution in [1.82, 2.24) is 10.6 Å². The molecule has 0 bridgehead atoms.